The van der Waals surface area contributed by atoms with E-state index in [4.69, 9.17) is 10.2 Å². The summed E-state index contributed by atoms with van der Waals surface area (Å²) in [4.78, 5) is 14.3. The van der Waals surface area contributed by atoms with Crippen molar-refractivity contribution in [3.05, 3.63) is 16.1 Å². The van der Waals surface area contributed by atoms with Crippen LogP contribution in [0.3, 0.4) is 0 Å². The SMILES string of the molecule is O=C(O)c1nc(CNCCO)cs1. The minimum Gasteiger partial charge on any atom is -0.476 e. The van der Waals surface area contributed by atoms with Crippen LogP contribution in [0.1, 0.15) is 15.5 Å². The van der Waals surface area contributed by atoms with Crippen molar-refractivity contribution in [2.24, 2.45) is 0 Å². The zero-order valence-corrected chi connectivity index (χ0v) is 7.67. The number of aliphatic hydroxyl groups excluding tert-OH is 1. The summed E-state index contributed by atoms with van der Waals surface area (Å²) in [6, 6.07) is 0. The highest BCUT2D eigenvalue weighted by atomic mass is 32.1. The smallest absolute Gasteiger partial charge is 0.365 e. The van der Waals surface area contributed by atoms with Crippen LogP contribution in [0.25, 0.3) is 0 Å². The maximum atomic E-state index is 10.4. The standard InChI is InChI=1S/C7H10N2O3S/c10-2-1-8-3-5-4-13-6(9-5)7(11)12/h4,8,10H,1-3H2,(H,11,12). The molecule has 0 unspecified atom stereocenters. The fraction of sp³-hybridized carbons (Fsp3) is 0.429. The van der Waals surface area contributed by atoms with Gasteiger partial charge in [0.25, 0.3) is 0 Å². The van der Waals surface area contributed by atoms with Gasteiger partial charge in [-0.15, -0.1) is 11.3 Å². The number of aromatic nitrogens is 1. The Hall–Kier alpha value is -0.980. The fourth-order valence-electron chi connectivity index (χ4n) is 0.782. The van der Waals surface area contributed by atoms with Crippen molar-refractivity contribution in [3.63, 3.8) is 0 Å². The quantitative estimate of drug-likeness (QED) is 0.582. The van der Waals surface area contributed by atoms with Gasteiger partial charge in [-0.2, -0.15) is 0 Å². The number of carboxylic acids is 1. The first-order chi connectivity index (χ1) is 6.24. The second kappa shape index (κ2) is 4.90. The molecule has 72 valence electrons. The molecule has 0 aliphatic carbocycles. The molecule has 0 spiro atoms. The molecule has 0 atom stereocenters. The van der Waals surface area contributed by atoms with Gasteiger partial charge in [0.2, 0.25) is 5.01 Å². The minimum absolute atomic E-state index is 0.0654. The minimum atomic E-state index is -1.00. The van der Waals surface area contributed by atoms with E-state index in [2.05, 4.69) is 10.3 Å². The van der Waals surface area contributed by atoms with Crippen LogP contribution in [0.5, 0.6) is 0 Å². The summed E-state index contributed by atoms with van der Waals surface area (Å²) in [5.74, 6) is -1.00. The third kappa shape index (κ3) is 3.10. The van der Waals surface area contributed by atoms with E-state index < -0.39 is 5.97 Å². The van der Waals surface area contributed by atoms with Gasteiger partial charge in [0.1, 0.15) is 0 Å². The highest BCUT2D eigenvalue weighted by Gasteiger charge is 2.07. The molecule has 1 aromatic heterocycles. The summed E-state index contributed by atoms with van der Waals surface area (Å²) in [7, 11) is 0. The van der Waals surface area contributed by atoms with Gasteiger partial charge < -0.3 is 15.5 Å². The van der Waals surface area contributed by atoms with Crippen LogP contribution in [0, 0.1) is 0 Å². The van der Waals surface area contributed by atoms with Gasteiger partial charge in [0.05, 0.1) is 12.3 Å². The monoisotopic (exact) mass is 202 g/mol. The van der Waals surface area contributed by atoms with Crippen molar-refractivity contribution in [3.8, 4) is 0 Å². The average molecular weight is 202 g/mol. The highest BCUT2D eigenvalue weighted by molar-refractivity contribution is 7.11. The first kappa shape index (κ1) is 10.1. The number of thiazole rings is 1. The van der Waals surface area contributed by atoms with Gasteiger partial charge in [-0.05, 0) is 0 Å². The van der Waals surface area contributed by atoms with Gasteiger partial charge in [-0.3, -0.25) is 0 Å². The van der Waals surface area contributed by atoms with E-state index in [9.17, 15) is 4.79 Å². The van der Waals surface area contributed by atoms with Crippen LogP contribution in [0.4, 0.5) is 0 Å². The van der Waals surface area contributed by atoms with Crippen LogP contribution in [0.15, 0.2) is 5.38 Å². The van der Waals surface area contributed by atoms with E-state index in [-0.39, 0.29) is 11.6 Å². The Labute approximate surface area is 79.1 Å². The van der Waals surface area contributed by atoms with E-state index >= 15 is 0 Å². The van der Waals surface area contributed by atoms with E-state index in [1.165, 1.54) is 0 Å². The molecule has 1 rings (SSSR count). The molecule has 0 aliphatic rings. The van der Waals surface area contributed by atoms with Crippen molar-refractivity contribution < 1.29 is 15.0 Å². The molecule has 0 saturated carbocycles. The molecule has 0 bridgehead atoms. The zero-order chi connectivity index (χ0) is 9.68. The Bertz CT molecular complexity index is 287. The molecule has 0 radical (unpaired) electrons. The number of carboxylic acid groups (broad SMARTS) is 1. The topological polar surface area (TPSA) is 82.5 Å². The lowest BCUT2D eigenvalue weighted by Gasteiger charge is -1.97. The lowest BCUT2D eigenvalue weighted by atomic mass is 10.5. The summed E-state index contributed by atoms with van der Waals surface area (Å²) >= 11 is 1.10. The molecule has 0 saturated heterocycles. The Morgan fingerprint density at radius 1 is 1.69 bits per heavy atom. The predicted molar refractivity (Wildman–Crippen MR) is 47.9 cm³/mol. The molecule has 0 aliphatic heterocycles. The maximum Gasteiger partial charge on any atom is 0.365 e. The number of hydrogen-bond donors (Lipinski definition) is 3. The second-order valence-electron chi connectivity index (χ2n) is 2.35. The zero-order valence-electron chi connectivity index (χ0n) is 6.86. The van der Waals surface area contributed by atoms with Crippen LogP contribution >= 0.6 is 11.3 Å². The number of nitrogens with one attached hydrogen (secondary N) is 1. The fourth-order valence-corrected chi connectivity index (χ4v) is 1.44. The van der Waals surface area contributed by atoms with Crippen molar-refractivity contribution in [2.75, 3.05) is 13.2 Å². The lowest BCUT2D eigenvalue weighted by Crippen LogP contribution is -2.17. The third-order valence-corrected chi connectivity index (χ3v) is 2.21. The number of aliphatic hydroxyl groups is 1. The van der Waals surface area contributed by atoms with Gasteiger partial charge >= 0.3 is 5.97 Å². The summed E-state index contributed by atoms with van der Waals surface area (Å²) in [6.07, 6.45) is 0. The van der Waals surface area contributed by atoms with E-state index in [0.717, 1.165) is 11.3 Å². The van der Waals surface area contributed by atoms with Crippen LogP contribution in [-0.4, -0.2) is 34.3 Å². The molecule has 0 amide bonds. The normalized spacial score (nSPS) is 10.2. The van der Waals surface area contributed by atoms with E-state index in [1.54, 1.807) is 5.38 Å². The van der Waals surface area contributed by atoms with Crippen LogP contribution in [0.2, 0.25) is 0 Å². The van der Waals surface area contributed by atoms with Crippen molar-refractivity contribution in [2.45, 2.75) is 6.54 Å². The number of rotatable bonds is 5. The molecular formula is C7H10N2O3S. The molecule has 6 heteroatoms. The van der Waals surface area contributed by atoms with Gasteiger partial charge in [-0.25, -0.2) is 9.78 Å². The second-order valence-corrected chi connectivity index (χ2v) is 3.21. The Morgan fingerprint density at radius 3 is 3.00 bits per heavy atom. The first-order valence-electron chi connectivity index (χ1n) is 3.73. The van der Waals surface area contributed by atoms with Crippen LogP contribution < -0.4 is 5.32 Å². The molecule has 13 heavy (non-hydrogen) atoms. The molecule has 1 heterocycles. The first-order valence-corrected chi connectivity index (χ1v) is 4.61. The molecule has 0 aromatic carbocycles. The Kier molecular flexibility index (Phi) is 3.81. The number of hydrogen-bond acceptors (Lipinski definition) is 5. The summed E-state index contributed by atoms with van der Waals surface area (Å²) < 4.78 is 0. The Balaban J connectivity index is 2.44. The van der Waals surface area contributed by atoms with Gasteiger partial charge in [0.15, 0.2) is 0 Å². The largest absolute Gasteiger partial charge is 0.476 e. The van der Waals surface area contributed by atoms with Crippen molar-refractivity contribution in [1.29, 1.82) is 0 Å². The number of carbonyl (C=O) groups is 1. The third-order valence-electron chi connectivity index (χ3n) is 1.33. The van der Waals surface area contributed by atoms with Crippen LogP contribution in [-0.2, 0) is 6.54 Å². The summed E-state index contributed by atoms with van der Waals surface area (Å²) in [5.41, 5.74) is 0.691. The van der Waals surface area contributed by atoms with E-state index in [1.807, 2.05) is 0 Å². The predicted octanol–water partition coefficient (Wildman–Crippen LogP) is -0.0768. The lowest BCUT2D eigenvalue weighted by molar-refractivity contribution is 0.0696. The molecule has 3 N–H and O–H groups in total. The Morgan fingerprint density at radius 2 is 2.46 bits per heavy atom. The van der Waals surface area contributed by atoms with Gasteiger partial charge in [0, 0.05) is 18.5 Å². The summed E-state index contributed by atoms with van der Waals surface area (Å²) in [5, 5.41) is 21.7. The number of nitrogens with zero attached hydrogens (tertiary/aromatic N) is 1. The van der Waals surface area contributed by atoms with Crippen molar-refractivity contribution in [1.82, 2.24) is 10.3 Å². The molecule has 0 fully saturated rings. The highest BCUT2D eigenvalue weighted by Crippen LogP contribution is 2.08. The number of aromatic carboxylic acids is 1. The van der Waals surface area contributed by atoms with Gasteiger partial charge in [-0.1, -0.05) is 0 Å². The maximum absolute atomic E-state index is 10.4. The molecule has 1 aromatic rings. The molecule has 5 nitrogen and oxygen atoms in total. The summed E-state index contributed by atoms with van der Waals surface area (Å²) in [6.45, 7) is 1.04. The van der Waals surface area contributed by atoms with Crippen molar-refractivity contribution >= 4 is 17.3 Å². The average Bonchev–Trinajstić information content (AvgIpc) is 2.53. The molecular weight excluding hydrogens is 192 g/mol. The van der Waals surface area contributed by atoms with E-state index in [0.29, 0.717) is 18.8 Å².